The van der Waals surface area contributed by atoms with E-state index in [0.717, 1.165) is 46.7 Å². The molecule has 0 aliphatic heterocycles. The molecule has 156 valence electrons. The summed E-state index contributed by atoms with van der Waals surface area (Å²) in [5.74, 6) is 2.56. The molecule has 0 amide bonds. The molecular weight excluding hydrogens is 477 g/mol. The van der Waals surface area contributed by atoms with Crippen LogP contribution in [0.15, 0.2) is 51.9 Å². The molecular formula is C22H30IN5O. The van der Waals surface area contributed by atoms with E-state index >= 15 is 0 Å². The van der Waals surface area contributed by atoms with Gasteiger partial charge in [0.2, 0.25) is 0 Å². The van der Waals surface area contributed by atoms with Crippen LogP contribution in [0.3, 0.4) is 0 Å². The molecule has 0 aliphatic rings. The number of nitrogens with zero attached hydrogens (tertiary/aromatic N) is 3. The van der Waals surface area contributed by atoms with Gasteiger partial charge in [-0.3, -0.25) is 0 Å². The van der Waals surface area contributed by atoms with E-state index < -0.39 is 0 Å². The van der Waals surface area contributed by atoms with E-state index in [4.69, 9.17) is 9.41 Å². The molecule has 0 aliphatic carbocycles. The Balaban J connectivity index is 0.00000300. The smallest absolute Gasteiger partial charge is 0.192 e. The van der Waals surface area contributed by atoms with Gasteiger partial charge in [-0.1, -0.05) is 18.2 Å². The lowest BCUT2D eigenvalue weighted by Crippen LogP contribution is -2.38. The zero-order valence-corrected chi connectivity index (χ0v) is 20.0. The van der Waals surface area contributed by atoms with Crippen LogP contribution in [0, 0.1) is 20.8 Å². The average Bonchev–Trinajstić information content (AvgIpc) is 3.25. The maximum atomic E-state index is 5.72. The summed E-state index contributed by atoms with van der Waals surface area (Å²) in [5.41, 5.74) is 4.30. The van der Waals surface area contributed by atoms with Crippen LogP contribution in [-0.4, -0.2) is 22.3 Å². The number of para-hydroxylation sites is 1. The highest BCUT2D eigenvalue weighted by Gasteiger charge is 2.12. The highest BCUT2D eigenvalue weighted by atomic mass is 127. The number of aliphatic imine (C=N–C) groups is 1. The number of hydrogen-bond donors (Lipinski definition) is 2. The first kappa shape index (κ1) is 23.0. The van der Waals surface area contributed by atoms with Crippen molar-refractivity contribution >= 4 is 29.9 Å². The number of halogens is 1. The molecule has 0 spiro atoms. The molecule has 0 radical (unpaired) electrons. The highest BCUT2D eigenvalue weighted by molar-refractivity contribution is 14.0. The Kier molecular flexibility index (Phi) is 8.31. The van der Waals surface area contributed by atoms with Gasteiger partial charge in [-0.05, 0) is 64.4 Å². The molecule has 2 N–H and O–H groups in total. The Morgan fingerprint density at radius 3 is 2.55 bits per heavy atom. The van der Waals surface area contributed by atoms with Gasteiger partial charge >= 0.3 is 0 Å². The predicted octanol–water partition coefficient (Wildman–Crippen LogP) is 4.82. The molecule has 2 aromatic heterocycles. The van der Waals surface area contributed by atoms with Crippen molar-refractivity contribution in [3.8, 4) is 5.69 Å². The predicted molar refractivity (Wildman–Crippen MR) is 128 cm³/mol. The van der Waals surface area contributed by atoms with Crippen molar-refractivity contribution in [1.82, 2.24) is 20.4 Å². The Morgan fingerprint density at radius 2 is 1.93 bits per heavy atom. The molecule has 3 rings (SSSR count). The minimum atomic E-state index is 0. The van der Waals surface area contributed by atoms with Crippen molar-refractivity contribution < 1.29 is 4.42 Å². The molecule has 1 aromatic carbocycles. The topological polar surface area (TPSA) is 67.4 Å². The standard InChI is InChI=1S/C22H29N5O.HI/c1-6-23-22(25-18(5)21-12-11-17(4)28-21)24-14-19-9-7-8-10-20(19)27-16(3)13-15(2)26-27;/h7-13,18H,6,14H2,1-5H3,(H2,23,24,25);1H. The lowest BCUT2D eigenvalue weighted by Gasteiger charge is -2.16. The van der Waals surface area contributed by atoms with Crippen molar-refractivity contribution in [2.75, 3.05) is 6.54 Å². The third kappa shape index (κ3) is 5.85. The van der Waals surface area contributed by atoms with Gasteiger partial charge in [0.05, 0.1) is 24.0 Å². The van der Waals surface area contributed by atoms with Gasteiger partial charge in [-0.25, -0.2) is 9.67 Å². The molecule has 1 unspecified atom stereocenters. The SMILES string of the molecule is CCNC(=NCc1ccccc1-n1nc(C)cc1C)NC(C)c1ccc(C)o1.I. The van der Waals surface area contributed by atoms with E-state index in [2.05, 4.69) is 54.7 Å². The summed E-state index contributed by atoms with van der Waals surface area (Å²) in [7, 11) is 0. The van der Waals surface area contributed by atoms with E-state index in [0.29, 0.717) is 6.54 Å². The second kappa shape index (κ2) is 10.5. The number of aryl methyl sites for hydroxylation is 3. The third-order valence-electron chi connectivity index (χ3n) is 4.52. The Bertz CT molecular complexity index is 960. The second-order valence-corrected chi connectivity index (χ2v) is 6.98. The third-order valence-corrected chi connectivity index (χ3v) is 4.52. The van der Waals surface area contributed by atoms with Crippen LogP contribution >= 0.6 is 24.0 Å². The normalized spacial score (nSPS) is 12.4. The maximum Gasteiger partial charge on any atom is 0.192 e. The first-order chi connectivity index (χ1) is 13.5. The average molecular weight is 507 g/mol. The summed E-state index contributed by atoms with van der Waals surface area (Å²) in [6, 6.07) is 14.3. The Morgan fingerprint density at radius 1 is 1.17 bits per heavy atom. The second-order valence-electron chi connectivity index (χ2n) is 6.98. The summed E-state index contributed by atoms with van der Waals surface area (Å²) < 4.78 is 7.70. The number of furan rings is 1. The molecule has 0 bridgehead atoms. The van der Waals surface area contributed by atoms with Gasteiger partial charge in [-0.15, -0.1) is 24.0 Å². The van der Waals surface area contributed by atoms with Crippen molar-refractivity contribution in [2.24, 2.45) is 4.99 Å². The molecule has 29 heavy (non-hydrogen) atoms. The number of hydrogen-bond acceptors (Lipinski definition) is 3. The highest BCUT2D eigenvalue weighted by Crippen LogP contribution is 2.18. The summed E-state index contributed by atoms with van der Waals surface area (Å²) in [6.07, 6.45) is 0. The number of rotatable bonds is 6. The van der Waals surface area contributed by atoms with E-state index in [9.17, 15) is 0 Å². The molecule has 6 nitrogen and oxygen atoms in total. The van der Waals surface area contributed by atoms with Gasteiger partial charge in [0.1, 0.15) is 11.5 Å². The summed E-state index contributed by atoms with van der Waals surface area (Å²) in [5, 5.41) is 11.3. The lowest BCUT2D eigenvalue weighted by molar-refractivity contribution is 0.441. The van der Waals surface area contributed by atoms with Crippen LogP contribution in [0.2, 0.25) is 0 Å². The fourth-order valence-electron chi connectivity index (χ4n) is 3.17. The van der Waals surface area contributed by atoms with Crippen LogP contribution in [0.5, 0.6) is 0 Å². The lowest BCUT2D eigenvalue weighted by atomic mass is 10.2. The van der Waals surface area contributed by atoms with E-state index in [-0.39, 0.29) is 30.0 Å². The fraction of sp³-hybridized carbons (Fsp3) is 0.364. The Labute approximate surface area is 189 Å². The van der Waals surface area contributed by atoms with E-state index in [1.165, 1.54) is 0 Å². The van der Waals surface area contributed by atoms with Crippen molar-refractivity contribution in [1.29, 1.82) is 0 Å². The first-order valence-corrected chi connectivity index (χ1v) is 9.70. The zero-order valence-electron chi connectivity index (χ0n) is 17.7. The van der Waals surface area contributed by atoms with Crippen molar-refractivity contribution in [3.05, 3.63) is 70.9 Å². The molecule has 0 saturated carbocycles. The van der Waals surface area contributed by atoms with Crippen LogP contribution < -0.4 is 10.6 Å². The van der Waals surface area contributed by atoms with E-state index in [1.54, 1.807) is 0 Å². The molecule has 0 fully saturated rings. The van der Waals surface area contributed by atoms with Gasteiger partial charge in [0.25, 0.3) is 0 Å². The number of nitrogens with one attached hydrogen (secondary N) is 2. The van der Waals surface area contributed by atoms with Crippen molar-refractivity contribution in [2.45, 2.75) is 47.2 Å². The zero-order chi connectivity index (χ0) is 20.1. The maximum absolute atomic E-state index is 5.72. The van der Waals surface area contributed by atoms with Crippen LogP contribution in [0.25, 0.3) is 5.69 Å². The summed E-state index contributed by atoms with van der Waals surface area (Å²) in [6.45, 7) is 11.5. The van der Waals surface area contributed by atoms with Gasteiger partial charge in [0, 0.05) is 12.2 Å². The summed E-state index contributed by atoms with van der Waals surface area (Å²) in [4.78, 5) is 4.79. The molecule has 1 atom stereocenters. The van der Waals surface area contributed by atoms with Crippen LogP contribution in [-0.2, 0) is 6.54 Å². The van der Waals surface area contributed by atoms with Crippen LogP contribution in [0.4, 0.5) is 0 Å². The largest absolute Gasteiger partial charge is 0.464 e. The fourth-order valence-corrected chi connectivity index (χ4v) is 3.17. The first-order valence-electron chi connectivity index (χ1n) is 9.70. The van der Waals surface area contributed by atoms with E-state index in [1.807, 2.05) is 42.8 Å². The summed E-state index contributed by atoms with van der Waals surface area (Å²) >= 11 is 0. The van der Waals surface area contributed by atoms with Crippen molar-refractivity contribution in [3.63, 3.8) is 0 Å². The minimum Gasteiger partial charge on any atom is -0.464 e. The van der Waals surface area contributed by atoms with Gasteiger partial charge in [-0.2, -0.15) is 5.10 Å². The number of aromatic nitrogens is 2. The quantitative estimate of drug-likeness (QED) is 0.285. The molecule has 3 aromatic rings. The van der Waals surface area contributed by atoms with Gasteiger partial charge in [0.15, 0.2) is 5.96 Å². The minimum absolute atomic E-state index is 0. The molecule has 7 heteroatoms. The van der Waals surface area contributed by atoms with Crippen LogP contribution in [0.1, 0.15) is 48.4 Å². The molecule has 2 heterocycles. The molecule has 0 saturated heterocycles. The number of guanidine groups is 1. The Hall–Kier alpha value is -2.29. The van der Waals surface area contributed by atoms with Gasteiger partial charge < -0.3 is 15.1 Å². The number of benzene rings is 1. The monoisotopic (exact) mass is 507 g/mol.